The summed E-state index contributed by atoms with van der Waals surface area (Å²) in [5.41, 5.74) is 8.62. The van der Waals surface area contributed by atoms with Crippen molar-refractivity contribution in [3.8, 4) is 46.3 Å². The highest BCUT2D eigenvalue weighted by atomic mass is 16.6. The van der Waals surface area contributed by atoms with Crippen molar-refractivity contribution in [3.05, 3.63) is 249 Å². The van der Waals surface area contributed by atoms with Gasteiger partial charge in [0, 0.05) is 31.7 Å². The minimum Gasteiger partial charge on any atom is -0.489 e. The van der Waals surface area contributed by atoms with E-state index in [1.165, 1.54) is 20.3 Å². The summed E-state index contributed by atoms with van der Waals surface area (Å²) in [6.07, 6.45) is 2.01. The number of nitrogens with zero attached hydrogens (tertiary/aromatic N) is 4. The largest absolute Gasteiger partial charge is 0.489 e. The number of aryl methyl sites for hydroxylation is 2. The number of nitriles is 1. The molecule has 584 valence electrons. The summed E-state index contributed by atoms with van der Waals surface area (Å²) in [6.45, 7) is 8.98. The number of likely N-dealkylation sites (N-methyl/N-ethyl adjacent to an activating group) is 1. The number of carbonyl (C=O) groups is 8. The number of hydroxylamine groups is 4. The third-order valence-corrected chi connectivity index (χ3v) is 20.6. The first-order valence-corrected chi connectivity index (χ1v) is 35.9. The van der Waals surface area contributed by atoms with Crippen LogP contribution in [0.2, 0.25) is 0 Å². The van der Waals surface area contributed by atoms with Crippen LogP contribution in [0.3, 0.4) is 0 Å². The van der Waals surface area contributed by atoms with E-state index in [9.17, 15) is 48.5 Å². The average molecular weight is 1530 g/mol. The molecule has 8 N–H and O–H groups in total. The van der Waals surface area contributed by atoms with Crippen LogP contribution in [-0.2, 0) is 82.8 Å². The normalized spacial score (nSPS) is 21.2. The summed E-state index contributed by atoms with van der Waals surface area (Å²) in [5, 5.41) is 55.8. The van der Waals surface area contributed by atoms with E-state index in [-0.39, 0.29) is 37.5 Å². The van der Waals surface area contributed by atoms with Crippen LogP contribution in [0.25, 0.3) is 0 Å². The van der Waals surface area contributed by atoms with Gasteiger partial charge in [0.15, 0.2) is 0 Å². The Balaban J connectivity index is 0.000000159. The molecule has 4 saturated carbocycles. The molecule has 5 amide bonds. The quantitative estimate of drug-likeness (QED) is 0.00866. The fraction of sp³-hybridized carbons (Fsp3) is 0.313. The van der Waals surface area contributed by atoms with Gasteiger partial charge in [-0.1, -0.05) is 97.1 Å². The first-order chi connectivity index (χ1) is 53.9. The van der Waals surface area contributed by atoms with E-state index < -0.39 is 91.8 Å². The predicted octanol–water partition coefficient (Wildman–Crippen LogP) is 10.4. The number of esters is 3. The Bertz CT molecular complexity index is 4800. The highest BCUT2D eigenvalue weighted by molar-refractivity contribution is 5.99. The van der Waals surface area contributed by atoms with Gasteiger partial charge < -0.3 is 43.0 Å². The molecule has 0 radical (unpaired) electrons. The number of carbonyl (C=O) groups excluding carboxylic acids is 8. The van der Waals surface area contributed by atoms with Crippen molar-refractivity contribution >= 4 is 53.1 Å². The second-order valence-electron chi connectivity index (χ2n) is 27.9. The molecule has 0 aromatic heterocycles. The molecular formula is C83H86N8O21. The van der Waals surface area contributed by atoms with Crippen molar-refractivity contribution in [2.24, 2.45) is 34.5 Å². The van der Waals surface area contributed by atoms with E-state index in [2.05, 4.69) is 4.90 Å². The summed E-state index contributed by atoms with van der Waals surface area (Å²) in [4.78, 5) is 113. The van der Waals surface area contributed by atoms with E-state index in [0.29, 0.717) is 95.7 Å². The molecule has 5 fully saturated rings. The number of nitro groups is 1. The Kier molecular flexibility index (Phi) is 26.5. The van der Waals surface area contributed by atoms with Crippen molar-refractivity contribution < 1.29 is 97.3 Å². The maximum atomic E-state index is 13.4. The maximum absolute atomic E-state index is 13.4. The summed E-state index contributed by atoms with van der Waals surface area (Å²) in [6, 6.07) is 59.3. The van der Waals surface area contributed by atoms with Crippen molar-refractivity contribution in [1.29, 1.82) is 5.26 Å². The topological polar surface area (TPSA) is 404 Å². The fourth-order valence-corrected chi connectivity index (χ4v) is 14.1. The molecule has 0 unspecified atom stereocenters. The zero-order chi connectivity index (χ0) is 80.5. The van der Waals surface area contributed by atoms with Gasteiger partial charge in [0.25, 0.3) is 5.69 Å². The predicted molar refractivity (Wildman–Crippen MR) is 399 cm³/mol. The first kappa shape index (κ1) is 81.9. The molecule has 29 nitrogen and oxygen atoms in total. The number of piperazine rings is 1. The molecule has 0 bridgehead atoms. The zero-order valence-corrected chi connectivity index (χ0v) is 62.3. The van der Waals surface area contributed by atoms with Gasteiger partial charge in [-0.25, -0.2) is 21.9 Å². The lowest BCUT2D eigenvalue weighted by Gasteiger charge is -2.35. The molecule has 1 heterocycles. The number of hydrogen-bond donors (Lipinski definition) is 8. The summed E-state index contributed by atoms with van der Waals surface area (Å²) < 4.78 is 38.0. The number of methoxy groups -OCH3 is 2. The van der Waals surface area contributed by atoms with Gasteiger partial charge in [0.1, 0.15) is 57.7 Å². The third kappa shape index (κ3) is 19.0. The van der Waals surface area contributed by atoms with E-state index in [1.807, 2.05) is 104 Å². The molecule has 1 aliphatic heterocycles. The maximum Gasteiger partial charge on any atom is 0.317 e. The lowest BCUT2D eigenvalue weighted by molar-refractivity contribution is -0.385. The Morgan fingerprint density at radius 1 is 0.500 bits per heavy atom. The first-order valence-electron chi connectivity index (χ1n) is 35.9. The number of rotatable bonds is 25. The van der Waals surface area contributed by atoms with Gasteiger partial charge in [-0.3, -0.25) is 69.3 Å². The molecule has 29 heteroatoms. The Morgan fingerprint density at radius 2 is 0.946 bits per heavy atom. The van der Waals surface area contributed by atoms with Crippen LogP contribution in [-0.4, -0.2) is 137 Å². The minimum atomic E-state index is -1.14. The van der Waals surface area contributed by atoms with Crippen LogP contribution >= 0.6 is 0 Å². The summed E-state index contributed by atoms with van der Waals surface area (Å²) in [5.74, 6) is -2.61. The second kappa shape index (κ2) is 36.3. The highest BCUT2D eigenvalue weighted by Crippen LogP contribution is 2.59. The SMILES string of the molecule is CCOC(=O)[C@@]1(Cc2ccc(Oc3ccc(C)c([N+](=O)[O-])c3)cc2)C[C@@H]1C(=O)NO.CN1CCN(C(=O)[C@@]2(Cc3ccc(OCc4ccccc4)cc3)C[C@@H]2C(=O)NO)CC1.COC(=O)[C@]1(c2cccc(Oc3cccc(C#N)c3)c2)C[C@H]1C(=O)NO.COC(=O)[C@]1(c2cccc(Oc3cccc(C)c3)c2)C[C@H]1C(=O)NO. The molecule has 8 atom stereocenters. The van der Waals surface area contributed by atoms with Crippen LogP contribution in [0.5, 0.6) is 40.2 Å². The summed E-state index contributed by atoms with van der Waals surface area (Å²) >= 11 is 0. The molecule has 112 heavy (non-hydrogen) atoms. The van der Waals surface area contributed by atoms with Gasteiger partial charge in [-0.05, 0) is 191 Å². The minimum absolute atomic E-state index is 0.0126. The third-order valence-electron chi connectivity index (χ3n) is 20.6. The number of benzene rings is 8. The Labute approximate surface area is 644 Å². The average Bonchev–Trinajstić information content (AvgIpc) is 1.55. The van der Waals surface area contributed by atoms with Gasteiger partial charge in [-0.2, -0.15) is 5.26 Å². The summed E-state index contributed by atoms with van der Waals surface area (Å²) in [7, 11) is 4.58. The molecule has 5 aliphatic rings. The van der Waals surface area contributed by atoms with Crippen LogP contribution < -0.4 is 40.9 Å². The molecule has 0 spiro atoms. The molecule has 8 aromatic carbocycles. The van der Waals surface area contributed by atoms with Crippen molar-refractivity contribution in [2.45, 2.75) is 76.7 Å². The number of ether oxygens (including phenoxy) is 7. The lowest BCUT2D eigenvalue weighted by atomic mass is 9.91. The lowest BCUT2D eigenvalue weighted by Crippen LogP contribution is -2.50. The monoisotopic (exact) mass is 1530 g/mol. The van der Waals surface area contributed by atoms with Gasteiger partial charge in [-0.15, -0.1) is 0 Å². The molecule has 1 saturated heterocycles. The van der Waals surface area contributed by atoms with Crippen molar-refractivity contribution in [1.82, 2.24) is 31.7 Å². The van der Waals surface area contributed by atoms with Crippen LogP contribution in [0.4, 0.5) is 5.69 Å². The van der Waals surface area contributed by atoms with Gasteiger partial charge in [0.05, 0.1) is 78.0 Å². The number of nitro benzene ring substituents is 1. The van der Waals surface area contributed by atoms with Crippen LogP contribution in [0.15, 0.2) is 194 Å². The number of hydrogen-bond acceptors (Lipinski definition) is 23. The molecular weight excluding hydrogens is 1440 g/mol. The number of nitrogens with one attached hydrogen (secondary N) is 4. The van der Waals surface area contributed by atoms with E-state index in [1.54, 1.807) is 145 Å². The van der Waals surface area contributed by atoms with E-state index >= 15 is 0 Å². The molecule has 4 aliphatic carbocycles. The van der Waals surface area contributed by atoms with Crippen LogP contribution in [0.1, 0.15) is 77.1 Å². The highest BCUT2D eigenvalue weighted by Gasteiger charge is 2.68. The van der Waals surface area contributed by atoms with Crippen LogP contribution in [0, 0.1) is 69.8 Å². The standard InChI is InChI=1S/C24H29N3O4.C21H22N2O7.C19H16N2O5.C19H19NO5/c1-26-11-13-27(14-12-26)23(29)24(16-21(24)22(28)25-30)15-18-7-9-20(10-8-18)31-17-19-5-3-2-4-6-19;1-3-29-20(25)21(12-17(21)19(24)22-26)11-14-5-8-15(9-6-14)30-16-7-4-13(2)18(10-16)23(27)28;1-25-18(23)19(10-16(19)17(22)21-24)13-5-3-7-15(9-13)26-14-6-2-4-12(8-14)11-20;1-12-5-3-7-14(9-12)25-15-8-4-6-13(10-15)19(18(22)24-2)11-16(19)17(21)20-23/h2-10,21,30H,11-17H2,1H3,(H,25,28);4-10,17,26H,3,11-12H2,1-2H3,(H,22,24);2-9,16,24H,10H2,1H3,(H,21,22);3-10,16,23H,11H2,1-2H3,(H,20,21)/t21-,24+;17-,21+;2*16-,19-/m1100/s1. The van der Waals surface area contributed by atoms with Crippen molar-refractivity contribution in [3.63, 3.8) is 0 Å². The van der Waals surface area contributed by atoms with Gasteiger partial charge >= 0.3 is 17.9 Å². The smallest absolute Gasteiger partial charge is 0.317 e. The second-order valence-corrected chi connectivity index (χ2v) is 27.9. The van der Waals surface area contributed by atoms with Gasteiger partial charge in [0.2, 0.25) is 29.5 Å². The Hall–Kier alpha value is -12.6. The zero-order valence-electron chi connectivity index (χ0n) is 62.3. The Morgan fingerprint density at radius 3 is 1.45 bits per heavy atom. The van der Waals surface area contributed by atoms with E-state index in [0.717, 1.165) is 41.1 Å². The van der Waals surface area contributed by atoms with Crippen molar-refractivity contribution in [2.75, 3.05) is 54.1 Å². The fourth-order valence-electron chi connectivity index (χ4n) is 14.1. The molecule has 13 rings (SSSR count). The number of amides is 5. The van der Waals surface area contributed by atoms with E-state index in [4.69, 9.17) is 59.2 Å². The molecule has 8 aromatic rings.